The lowest BCUT2D eigenvalue weighted by Gasteiger charge is -2.13. The molecule has 0 aliphatic carbocycles. The molecule has 0 fully saturated rings. The molecule has 1 N–H and O–H groups in total. The molecule has 84 valence electrons. The van der Waals surface area contributed by atoms with Gasteiger partial charge < -0.3 is 10.1 Å². The number of benzene rings is 1. The zero-order valence-electron chi connectivity index (χ0n) is 9.62. The number of rotatable bonds is 4. The molecule has 2 nitrogen and oxygen atoms in total. The molecule has 1 aromatic rings. The summed E-state index contributed by atoms with van der Waals surface area (Å²) in [5.41, 5.74) is 3.73. The molecule has 0 aromatic heterocycles. The Balaban J connectivity index is 2.16. The zero-order valence-corrected chi connectivity index (χ0v) is 9.62. The molecule has 1 aliphatic heterocycles. The number of hydrogen-bond donors (Lipinski definition) is 1. The zero-order chi connectivity index (χ0) is 11.4. The van der Waals surface area contributed by atoms with Crippen LogP contribution in [0.15, 0.2) is 18.2 Å². The van der Waals surface area contributed by atoms with E-state index in [-0.39, 0.29) is 6.04 Å². The largest absolute Gasteiger partial charge is 0.372 e. The van der Waals surface area contributed by atoms with Crippen LogP contribution in [0.3, 0.4) is 0 Å². The van der Waals surface area contributed by atoms with Crippen LogP contribution in [0.1, 0.15) is 36.1 Å². The van der Waals surface area contributed by atoms with Gasteiger partial charge in [0.05, 0.1) is 19.3 Å². The van der Waals surface area contributed by atoms with Crippen molar-refractivity contribution < 1.29 is 4.74 Å². The van der Waals surface area contributed by atoms with Crippen LogP contribution in [0.2, 0.25) is 0 Å². The van der Waals surface area contributed by atoms with Crippen molar-refractivity contribution in [2.75, 3.05) is 6.54 Å². The molecule has 16 heavy (non-hydrogen) atoms. The first-order valence-electron chi connectivity index (χ1n) is 5.74. The highest BCUT2D eigenvalue weighted by atomic mass is 16.5. The van der Waals surface area contributed by atoms with Crippen molar-refractivity contribution in [2.45, 2.75) is 32.6 Å². The molecule has 0 saturated carbocycles. The van der Waals surface area contributed by atoms with Gasteiger partial charge in [0, 0.05) is 0 Å². The van der Waals surface area contributed by atoms with E-state index in [1.54, 1.807) is 0 Å². The molecule has 0 bridgehead atoms. The molecule has 0 spiro atoms. The van der Waals surface area contributed by atoms with Crippen molar-refractivity contribution in [2.24, 2.45) is 0 Å². The van der Waals surface area contributed by atoms with Gasteiger partial charge in [0.15, 0.2) is 0 Å². The predicted octanol–water partition coefficient (Wildman–Crippen LogP) is 2.39. The smallest absolute Gasteiger partial charge is 0.0943 e. The normalized spacial score (nSPS) is 15.5. The third-order valence-corrected chi connectivity index (χ3v) is 2.84. The quantitative estimate of drug-likeness (QED) is 0.779. The lowest BCUT2D eigenvalue weighted by Crippen LogP contribution is -2.20. The number of fused-ring (bicyclic) bond motifs is 1. The molecule has 1 aliphatic rings. The van der Waals surface area contributed by atoms with Crippen LogP contribution in [-0.4, -0.2) is 6.54 Å². The number of nitrogens with one attached hydrogen (secondary N) is 1. The second-order valence-electron chi connectivity index (χ2n) is 4.07. The lowest BCUT2D eigenvalue weighted by atomic mass is 10.0. The van der Waals surface area contributed by atoms with Crippen molar-refractivity contribution in [1.82, 2.24) is 5.32 Å². The van der Waals surface area contributed by atoms with Crippen LogP contribution < -0.4 is 5.32 Å². The summed E-state index contributed by atoms with van der Waals surface area (Å²) in [5.74, 6) is 2.79. The fourth-order valence-corrected chi connectivity index (χ4v) is 1.93. The van der Waals surface area contributed by atoms with E-state index in [9.17, 15) is 0 Å². The summed E-state index contributed by atoms with van der Waals surface area (Å²) < 4.78 is 5.39. The Morgan fingerprint density at radius 1 is 1.44 bits per heavy atom. The first-order valence-corrected chi connectivity index (χ1v) is 5.74. The SMILES string of the molecule is C#CC(NCCC)c1ccc2c(c1)COC2. The summed E-state index contributed by atoms with van der Waals surface area (Å²) >= 11 is 0. The van der Waals surface area contributed by atoms with Gasteiger partial charge in [-0.05, 0) is 29.7 Å². The Kier molecular flexibility index (Phi) is 3.61. The average molecular weight is 215 g/mol. The molecule has 0 radical (unpaired) electrons. The predicted molar refractivity (Wildman–Crippen MR) is 64.8 cm³/mol. The van der Waals surface area contributed by atoms with E-state index in [1.807, 2.05) is 0 Å². The standard InChI is InChI=1S/C14H17NO/c1-3-7-15-14(4-2)11-5-6-12-9-16-10-13(12)8-11/h2,5-6,8,14-15H,3,7,9-10H2,1H3. The summed E-state index contributed by atoms with van der Waals surface area (Å²) in [6, 6.07) is 6.40. The van der Waals surface area contributed by atoms with Gasteiger partial charge in [0.1, 0.15) is 0 Å². The van der Waals surface area contributed by atoms with Crippen LogP contribution in [0.4, 0.5) is 0 Å². The molecule has 0 saturated heterocycles. The van der Waals surface area contributed by atoms with Crippen molar-refractivity contribution in [3.63, 3.8) is 0 Å². The molecule has 1 heterocycles. The van der Waals surface area contributed by atoms with E-state index >= 15 is 0 Å². The summed E-state index contributed by atoms with van der Waals surface area (Å²) in [6.07, 6.45) is 6.64. The maximum absolute atomic E-state index is 5.55. The maximum Gasteiger partial charge on any atom is 0.0943 e. The topological polar surface area (TPSA) is 21.3 Å². The minimum atomic E-state index is 0.0193. The minimum absolute atomic E-state index is 0.0193. The van der Waals surface area contributed by atoms with Gasteiger partial charge >= 0.3 is 0 Å². The second kappa shape index (κ2) is 5.16. The Bertz CT molecular complexity index is 406. The van der Waals surface area contributed by atoms with Crippen LogP contribution in [0.25, 0.3) is 0 Å². The molecule has 2 rings (SSSR count). The van der Waals surface area contributed by atoms with E-state index in [4.69, 9.17) is 11.2 Å². The van der Waals surface area contributed by atoms with Gasteiger partial charge in [-0.15, -0.1) is 6.42 Å². The number of hydrogen-bond acceptors (Lipinski definition) is 2. The van der Waals surface area contributed by atoms with Gasteiger partial charge in [0.25, 0.3) is 0 Å². The molecule has 1 atom stereocenters. The van der Waals surface area contributed by atoms with Gasteiger partial charge in [0.2, 0.25) is 0 Å². The van der Waals surface area contributed by atoms with Crippen LogP contribution in [0, 0.1) is 12.3 Å². The van der Waals surface area contributed by atoms with E-state index in [2.05, 4.69) is 36.4 Å². The molecule has 1 unspecified atom stereocenters. The Hall–Kier alpha value is -1.30. The molecule has 0 amide bonds. The minimum Gasteiger partial charge on any atom is -0.372 e. The number of ether oxygens (including phenoxy) is 1. The second-order valence-corrected chi connectivity index (χ2v) is 4.07. The monoisotopic (exact) mass is 215 g/mol. The summed E-state index contributed by atoms with van der Waals surface area (Å²) in [6.45, 7) is 4.53. The summed E-state index contributed by atoms with van der Waals surface area (Å²) in [7, 11) is 0. The molecule has 1 aromatic carbocycles. The molecule has 2 heteroatoms. The third-order valence-electron chi connectivity index (χ3n) is 2.84. The Morgan fingerprint density at radius 3 is 3.00 bits per heavy atom. The van der Waals surface area contributed by atoms with E-state index < -0.39 is 0 Å². The lowest BCUT2D eigenvalue weighted by molar-refractivity contribution is 0.134. The number of terminal acetylenes is 1. The van der Waals surface area contributed by atoms with Crippen molar-refractivity contribution in [3.8, 4) is 12.3 Å². The van der Waals surface area contributed by atoms with Gasteiger partial charge in [-0.2, -0.15) is 0 Å². The highest BCUT2D eigenvalue weighted by Crippen LogP contribution is 2.23. The fraction of sp³-hybridized carbons (Fsp3) is 0.429. The molecular formula is C14H17NO. The van der Waals surface area contributed by atoms with Crippen molar-refractivity contribution >= 4 is 0 Å². The highest BCUT2D eigenvalue weighted by molar-refractivity contribution is 5.36. The van der Waals surface area contributed by atoms with E-state index in [0.29, 0.717) is 6.61 Å². The van der Waals surface area contributed by atoms with Crippen LogP contribution >= 0.6 is 0 Å². The Labute approximate surface area is 97.0 Å². The van der Waals surface area contributed by atoms with Crippen molar-refractivity contribution in [3.05, 3.63) is 34.9 Å². The van der Waals surface area contributed by atoms with Gasteiger partial charge in [-0.1, -0.05) is 31.0 Å². The fourth-order valence-electron chi connectivity index (χ4n) is 1.93. The summed E-state index contributed by atoms with van der Waals surface area (Å²) in [5, 5.41) is 3.35. The first kappa shape index (κ1) is 11.2. The van der Waals surface area contributed by atoms with Crippen molar-refractivity contribution in [1.29, 1.82) is 0 Å². The van der Waals surface area contributed by atoms with Gasteiger partial charge in [-0.25, -0.2) is 0 Å². The Morgan fingerprint density at radius 2 is 2.25 bits per heavy atom. The van der Waals surface area contributed by atoms with Crippen LogP contribution in [0.5, 0.6) is 0 Å². The van der Waals surface area contributed by atoms with Gasteiger partial charge in [-0.3, -0.25) is 0 Å². The van der Waals surface area contributed by atoms with E-state index in [1.165, 1.54) is 16.7 Å². The van der Waals surface area contributed by atoms with E-state index in [0.717, 1.165) is 19.6 Å². The first-order chi connectivity index (χ1) is 7.85. The summed E-state index contributed by atoms with van der Waals surface area (Å²) in [4.78, 5) is 0. The average Bonchev–Trinajstić information content (AvgIpc) is 2.77. The maximum atomic E-state index is 5.55. The highest BCUT2D eigenvalue weighted by Gasteiger charge is 2.14. The van der Waals surface area contributed by atoms with Crippen LogP contribution in [-0.2, 0) is 18.0 Å². The molecular weight excluding hydrogens is 198 g/mol. The third kappa shape index (κ3) is 2.27.